The minimum absolute atomic E-state index is 0.0384. The second kappa shape index (κ2) is 4.55. The second-order valence-corrected chi connectivity index (χ2v) is 5.27. The van der Waals surface area contributed by atoms with Crippen molar-refractivity contribution >= 4 is 5.78 Å². The Morgan fingerprint density at radius 1 is 1.25 bits per heavy atom. The zero-order valence-corrected chi connectivity index (χ0v) is 10.4. The summed E-state index contributed by atoms with van der Waals surface area (Å²) in [6.45, 7) is 0. The summed E-state index contributed by atoms with van der Waals surface area (Å²) in [4.78, 5) is 12.3. The molecular formula is C14H12F4O2. The Labute approximate surface area is 112 Å². The first-order valence-corrected chi connectivity index (χ1v) is 6.42. The Balaban J connectivity index is 1.89. The van der Waals surface area contributed by atoms with Gasteiger partial charge >= 0.3 is 6.18 Å². The molecule has 2 nitrogen and oxygen atoms in total. The summed E-state index contributed by atoms with van der Waals surface area (Å²) in [5, 5.41) is 0. The molecule has 0 aliphatic carbocycles. The molecule has 6 heteroatoms. The maximum Gasteiger partial charge on any atom is 0.419 e. The molecule has 0 aromatic heterocycles. The van der Waals surface area contributed by atoms with Gasteiger partial charge in [0.25, 0.3) is 0 Å². The number of hydrogen-bond donors (Lipinski definition) is 0. The van der Waals surface area contributed by atoms with Crippen LogP contribution < -0.4 is 0 Å². The Morgan fingerprint density at radius 3 is 2.55 bits per heavy atom. The molecule has 108 valence electrons. The summed E-state index contributed by atoms with van der Waals surface area (Å²) in [6.07, 6.45) is -2.77. The zero-order valence-electron chi connectivity index (χ0n) is 10.4. The number of hydrogen-bond acceptors (Lipinski definition) is 2. The molecule has 3 unspecified atom stereocenters. The molecule has 20 heavy (non-hydrogen) atoms. The van der Waals surface area contributed by atoms with E-state index in [0.717, 1.165) is 18.9 Å². The third kappa shape index (κ3) is 2.22. The molecule has 2 bridgehead atoms. The number of fused-ring (bicyclic) bond motifs is 2. The lowest BCUT2D eigenvalue weighted by Crippen LogP contribution is -2.25. The van der Waals surface area contributed by atoms with E-state index in [9.17, 15) is 22.4 Å². The van der Waals surface area contributed by atoms with Crippen LogP contribution in [0.3, 0.4) is 0 Å². The number of ether oxygens (including phenoxy) is 1. The number of Topliss-reactive ketones (excluding diaryl/α,β-unsaturated/α-hetero) is 1. The van der Waals surface area contributed by atoms with Gasteiger partial charge in [-0.05, 0) is 37.5 Å². The van der Waals surface area contributed by atoms with E-state index < -0.39 is 23.5 Å². The van der Waals surface area contributed by atoms with Crippen molar-refractivity contribution in [2.24, 2.45) is 5.92 Å². The molecule has 2 heterocycles. The predicted molar refractivity (Wildman–Crippen MR) is 61.7 cm³/mol. The average molecular weight is 288 g/mol. The highest BCUT2D eigenvalue weighted by atomic mass is 19.4. The van der Waals surface area contributed by atoms with Crippen LogP contribution in [0.2, 0.25) is 0 Å². The number of carbonyl (C=O) groups is 1. The molecule has 2 saturated heterocycles. The van der Waals surface area contributed by atoms with Gasteiger partial charge in [-0.25, -0.2) is 4.39 Å². The standard InChI is InChI=1S/C14H12F4O2/c15-11-3-1-7(5-10(11)14(16,17)18)13(19)9-6-8-2-4-12(9)20-8/h1,3,5,8-9,12H,2,4,6H2. The van der Waals surface area contributed by atoms with Gasteiger partial charge in [0.1, 0.15) is 5.82 Å². The van der Waals surface area contributed by atoms with Crippen molar-refractivity contribution in [2.75, 3.05) is 0 Å². The van der Waals surface area contributed by atoms with E-state index in [0.29, 0.717) is 18.6 Å². The summed E-state index contributed by atoms with van der Waals surface area (Å²) in [5.74, 6) is -2.15. The topological polar surface area (TPSA) is 26.3 Å². The summed E-state index contributed by atoms with van der Waals surface area (Å²) >= 11 is 0. The SMILES string of the molecule is O=C(c1ccc(F)c(C(F)(F)F)c1)C1CC2CCC1O2. The van der Waals surface area contributed by atoms with Crippen LogP contribution in [-0.2, 0) is 10.9 Å². The molecule has 3 rings (SSSR count). The van der Waals surface area contributed by atoms with Crippen molar-refractivity contribution in [1.82, 2.24) is 0 Å². The largest absolute Gasteiger partial charge is 0.419 e. The van der Waals surface area contributed by atoms with Crippen LogP contribution in [0.25, 0.3) is 0 Å². The monoisotopic (exact) mass is 288 g/mol. The van der Waals surface area contributed by atoms with Gasteiger partial charge in [0.15, 0.2) is 5.78 Å². The van der Waals surface area contributed by atoms with Crippen molar-refractivity contribution in [3.8, 4) is 0 Å². The number of alkyl halides is 3. The van der Waals surface area contributed by atoms with Gasteiger partial charge in [0, 0.05) is 5.56 Å². The first-order chi connectivity index (χ1) is 9.36. The van der Waals surface area contributed by atoms with Gasteiger partial charge < -0.3 is 4.74 Å². The Morgan fingerprint density at radius 2 is 2.00 bits per heavy atom. The van der Waals surface area contributed by atoms with Gasteiger partial charge in [0.2, 0.25) is 0 Å². The maximum absolute atomic E-state index is 13.2. The molecule has 0 saturated carbocycles. The van der Waals surface area contributed by atoms with Gasteiger partial charge in [-0.2, -0.15) is 13.2 Å². The van der Waals surface area contributed by atoms with Crippen LogP contribution in [-0.4, -0.2) is 18.0 Å². The minimum atomic E-state index is -4.80. The highest BCUT2D eigenvalue weighted by Crippen LogP contribution is 2.41. The molecule has 0 spiro atoms. The first-order valence-electron chi connectivity index (χ1n) is 6.42. The van der Waals surface area contributed by atoms with Gasteiger partial charge in [-0.15, -0.1) is 0 Å². The van der Waals surface area contributed by atoms with E-state index in [-0.39, 0.29) is 23.6 Å². The van der Waals surface area contributed by atoms with Crippen molar-refractivity contribution in [2.45, 2.75) is 37.6 Å². The van der Waals surface area contributed by atoms with Crippen LogP contribution in [0.1, 0.15) is 35.2 Å². The highest BCUT2D eigenvalue weighted by molar-refractivity contribution is 5.98. The van der Waals surface area contributed by atoms with E-state index in [1.807, 2.05) is 0 Å². The molecule has 0 amide bonds. The Hall–Kier alpha value is -1.43. The van der Waals surface area contributed by atoms with E-state index in [4.69, 9.17) is 4.74 Å². The number of halogens is 4. The molecule has 1 aromatic carbocycles. The molecule has 0 N–H and O–H groups in total. The molecular weight excluding hydrogens is 276 g/mol. The molecule has 0 radical (unpaired) electrons. The second-order valence-electron chi connectivity index (χ2n) is 5.27. The number of ketones is 1. The van der Waals surface area contributed by atoms with Crippen molar-refractivity contribution in [3.63, 3.8) is 0 Å². The van der Waals surface area contributed by atoms with Crippen LogP contribution >= 0.6 is 0 Å². The van der Waals surface area contributed by atoms with Gasteiger partial charge in [0.05, 0.1) is 23.7 Å². The van der Waals surface area contributed by atoms with Gasteiger partial charge in [-0.3, -0.25) is 4.79 Å². The quantitative estimate of drug-likeness (QED) is 0.614. The normalized spacial score (nSPS) is 28.9. The molecule has 1 aromatic rings. The van der Waals surface area contributed by atoms with E-state index in [1.165, 1.54) is 0 Å². The lowest BCUT2D eigenvalue weighted by Gasteiger charge is -2.18. The minimum Gasteiger partial charge on any atom is -0.374 e. The lowest BCUT2D eigenvalue weighted by atomic mass is 9.83. The van der Waals surface area contributed by atoms with E-state index >= 15 is 0 Å². The fourth-order valence-electron chi connectivity index (χ4n) is 3.02. The smallest absolute Gasteiger partial charge is 0.374 e. The number of carbonyl (C=O) groups excluding carboxylic acids is 1. The summed E-state index contributed by atoms with van der Waals surface area (Å²) in [6, 6.07) is 2.41. The summed E-state index contributed by atoms with van der Waals surface area (Å²) in [7, 11) is 0. The first kappa shape index (κ1) is 13.5. The van der Waals surface area contributed by atoms with E-state index in [2.05, 4.69) is 0 Å². The molecule has 2 fully saturated rings. The third-order valence-corrected chi connectivity index (χ3v) is 4.00. The van der Waals surface area contributed by atoms with Crippen LogP contribution in [0.15, 0.2) is 18.2 Å². The Kier molecular flexibility index (Phi) is 3.08. The van der Waals surface area contributed by atoms with Crippen molar-refractivity contribution in [3.05, 3.63) is 35.1 Å². The molecule has 2 aliphatic heterocycles. The van der Waals surface area contributed by atoms with Crippen molar-refractivity contribution < 1.29 is 27.1 Å². The van der Waals surface area contributed by atoms with Crippen LogP contribution in [0, 0.1) is 11.7 Å². The number of rotatable bonds is 2. The van der Waals surface area contributed by atoms with Crippen molar-refractivity contribution in [1.29, 1.82) is 0 Å². The molecule has 3 atom stereocenters. The van der Waals surface area contributed by atoms with Crippen LogP contribution in [0.5, 0.6) is 0 Å². The Bertz CT molecular complexity index is 553. The van der Waals surface area contributed by atoms with Gasteiger partial charge in [-0.1, -0.05) is 0 Å². The van der Waals surface area contributed by atoms with Crippen LogP contribution in [0.4, 0.5) is 17.6 Å². The predicted octanol–water partition coefficient (Wildman–Crippen LogP) is 3.59. The van der Waals surface area contributed by atoms with E-state index in [1.54, 1.807) is 0 Å². The third-order valence-electron chi connectivity index (χ3n) is 4.00. The fraction of sp³-hybridized carbons (Fsp3) is 0.500. The summed E-state index contributed by atoms with van der Waals surface area (Å²) in [5.41, 5.74) is -1.49. The maximum atomic E-state index is 13.2. The summed E-state index contributed by atoms with van der Waals surface area (Å²) < 4.78 is 56.7. The molecule has 2 aliphatic rings. The fourth-order valence-corrected chi connectivity index (χ4v) is 3.02. The number of benzene rings is 1. The highest BCUT2D eigenvalue weighted by Gasteiger charge is 2.45. The zero-order chi connectivity index (χ0) is 14.5. The lowest BCUT2D eigenvalue weighted by molar-refractivity contribution is -0.140. The average Bonchev–Trinajstić information content (AvgIpc) is 2.99.